The van der Waals surface area contributed by atoms with Gasteiger partial charge in [0.05, 0.1) is 6.10 Å². The fourth-order valence-corrected chi connectivity index (χ4v) is 3.37. The van der Waals surface area contributed by atoms with E-state index in [9.17, 15) is 24.6 Å². The van der Waals surface area contributed by atoms with Crippen LogP contribution in [0.5, 0.6) is 0 Å². The standard InChI is InChI=1S/C16H26N2O6/c1-16(2,3)24-15(23)17-11-6-5-10(19)8-9-4-7-12(14(21)22)18(9)13(11)20/h9-12,19H,4-8H2,1-3H3,(H,17,23)(H,21,22)/t9-,10-,11+,12+/m1/s1. The first kappa shape index (κ1) is 18.5. The summed E-state index contributed by atoms with van der Waals surface area (Å²) in [4.78, 5) is 37.5. The van der Waals surface area contributed by atoms with Gasteiger partial charge in [-0.1, -0.05) is 0 Å². The predicted molar refractivity (Wildman–Crippen MR) is 84.3 cm³/mol. The van der Waals surface area contributed by atoms with E-state index in [2.05, 4.69) is 5.32 Å². The second-order valence-corrected chi connectivity index (χ2v) is 7.50. The largest absolute Gasteiger partial charge is 0.480 e. The molecule has 0 aliphatic carbocycles. The van der Waals surface area contributed by atoms with Crippen LogP contribution >= 0.6 is 0 Å². The van der Waals surface area contributed by atoms with Crippen molar-refractivity contribution in [3.63, 3.8) is 0 Å². The molecule has 0 spiro atoms. The Morgan fingerprint density at radius 3 is 2.46 bits per heavy atom. The normalized spacial score (nSPS) is 31.0. The van der Waals surface area contributed by atoms with Crippen molar-refractivity contribution in [2.75, 3.05) is 0 Å². The van der Waals surface area contributed by atoms with E-state index in [1.165, 1.54) is 4.90 Å². The molecule has 0 unspecified atom stereocenters. The number of aliphatic hydroxyl groups excluding tert-OH is 1. The summed E-state index contributed by atoms with van der Waals surface area (Å²) in [6, 6.07) is -2.11. The van der Waals surface area contributed by atoms with Crippen molar-refractivity contribution in [2.45, 2.75) is 82.7 Å². The number of hydrogen-bond acceptors (Lipinski definition) is 5. The van der Waals surface area contributed by atoms with E-state index in [0.29, 0.717) is 25.7 Å². The predicted octanol–water partition coefficient (Wildman–Crippen LogP) is 0.869. The number of carbonyl (C=O) groups excluding carboxylic acids is 2. The molecule has 0 aromatic carbocycles. The molecular weight excluding hydrogens is 316 g/mol. The molecule has 8 nitrogen and oxygen atoms in total. The van der Waals surface area contributed by atoms with Gasteiger partial charge in [-0.2, -0.15) is 0 Å². The van der Waals surface area contributed by atoms with Crippen LogP contribution in [0.1, 0.15) is 52.9 Å². The molecule has 2 aliphatic heterocycles. The minimum absolute atomic E-state index is 0.245. The molecule has 2 aliphatic rings. The zero-order valence-corrected chi connectivity index (χ0v) is 14.3. The van der Waals surface area contributed by atoms with Crippen LogP contribution in [-0.4, -0.2) is 62.9 Å². The summed E-state index contributed by atoms with van der Waals surface area (Å²) < 4.78 is 5.17. The first-order valence-electron chi connectivity index (χ1n) is 8.31. The van der Waals surface area contributed by atoms with Crippen LogP contribution in [-0.2, 0) is 14.3 Å². The third-order valence-electron chi connectivity index (χ3n) is 4.36. The van der Waals surface area contributed by atoms with Crippen molar-refractivity contribution in [3.05, 3.63) is 0 Å². The maximum absolute atomic E-state index is 12.8. The average molecular weight is 342 g/mol. The quantitative estimate of drug-likeness (QED) is 0.686. The molecule has 2 saturated heterocycles. The Kier molecular flexibility index (Phi) is 5.37. The van der Waals surface area contributed by atoms with E-state index in [-0.39, 0.29) is 12.5 Å². The first-order chi connectivity index (χ1) is 11.1. The molecule has 2 fully saturated rings. The van der Waals surface area contributed by atoms with E-state index in [1.54, 1.807) is 20.8 Å². The Morgan fingerprint density at radius 2 is 1.88 bits per heavy atom. The van der Waals surface area contributed by atoms with Crippen molar-refractivity contribution in [1.82, 2.24) is 10.2 Å². The molecule has 0 bridgehead atoms. The van der Waals surface area contributed by atoms with Gasteiger partial charge < -0.3 is 25.2 Å². The zero-order chi connectivity index (χ0) is 18.1. The van der Waals surface area contributed by atoms with Crippen molar-refractivity contribution < 1.29 is 29.3 Å². The van der Waals surface area contributed by atoms with Crippen LogP contribution in [0.4, 0.5) is 4.79 Å². The summed E-state index contributed by atoms with van der Waals surface area (Å²) in [5, 5.41) is 22.0. The maximum Gasteiger partial charge on any atom is 0.408 e. The topological polar surface area (TPSA) is 116 Å². The van der Waals surface area contributed by atoms with Crippen LogP contribution in [0.15, 0.2) is 0 Å². The third-order valence-corrected chi connectivity index (χ3v) is 4.36. The fourth-order valence-electron chi connectivity index (χ4n) is 3.37. The number of carboxylic acid groups (broad SMARTS) is 1. The summed E-state index contributed by atoms with van der Waals surface area (Å²) in [5.74, 6) is -1.47. The molecule has 8 heteroatoms. The monoisotopic (exact) mass is 342 g/mol. The number of aliphatic hydroxyl groups is 1. The number of rotatable bonds is 2. The summed E-state index contributed by atoms with van der Waals surface area (Å²) in [5.41, 5.74) is -0.700. The highest BCUT2D eigenvalue weighted by Crippen LogP contribution is 2.31. The van der Waals surface area contributed by atoms with Crippen molar-refractivity contribution in [2.24, 2.45) is 0 Å². The van der Waals surface area contributed by atoms with Gasteiger partial charge in [0.1, 0.15) is 17.7 Å². The highest BCUT2D eigenvalue weighted by atomic mass is 16.6. The Labute approximate surface area is 141 Å². The van der Waals surface area contributed by atoms with E-state index in [0.717, 1.165) is 0 Å². The Hall–Kier alpha value is -1.83. The number of nitrogens with one attached hydrogen (secondary N) is 1. The molecule has 0 radical (unpaired) electrons. The Bertz CT molecular complexity index is 515. The highest BCUT2D eigenvalue weighted by Gasteiger charge is 2.45. The number of carboxylic acids is 1. The molecule has 136 valence electrons. The fraction of sp³-hybridized carbons (Fsp3) is 0.812. The minimum Gasteiger partial charge on any atom is -0.480 e. The number of aliphatic carboxylic acids is 1. The van der Waals surface area contributed by atoms with E-state index < -0.39 is 41.8 Å². The lowest BCUT2D eigenvalue weighted by molar-refractivity contribution is -0.151. The molecule has 0 aromatic rings. The first-order valence-corrected chi connectivity index (χ1v) is 8.31. The maximum atomic E-state index is 12.8. The molecule has 3 N–H and O–H groups in total. The number of nitrogens with zero attached hydrogens (tertiary/aromatic N) is 1. The minimum atomic E-state index is -1.06. The molecule has 2 amide bonds. The second-order valence-electron chi connectivity index (χ2n) is 7.50. The molecule has 24 heavy (non-hydrogen) atoms. The van der Waals surface area contributed by atoms with Crippen LogP contribution < -0.4 is 5.32 Å². The molecule has 2 heterocycles. The van der Waals surface area contributed by atoms with Crippen molar-refractivity contribution in [3.8, 4) is 0 Å². The van der Waals surface area contributed by atoms with Gasteiger partial charge in [-0.3, -0.25) is 4.79 Å². The summed E-state index contributed by atoms with van der Waals surface area (Å²) in [6.45, 7) is 5.15. The van der Waals surface area contributed by atoms with Crippen LogP contribution in [0.2, 0.25) is 0 Å². The third kappa shape index (κ3) is 4.37. The van der Waals surface area contributed by atoms with Crippen LogP contribution in [0.3, 0.4) is 0 Å². The number of alkyl carbamates (subject to hydrolysis) is 1. The van der Waals surface area contributed by atoms with Crippen molar-refractivity contribution in [1.29, 1.82) is 0 Å². The number of carbonyl (C=O) groups is 3. The Balaban J connectivity index is 2.16. The van der Waals surface area contributed by atoms with Crippen LogP contribution in [0, 0.1) is 0 Å². The van der Waals surface area contributed by atoms with Crippen molar-refractivity contribution >= 4 is 18.0 Å². The number of amides is 2. The summed E-state index contributed by atoms with van der Waals surface area (Å²) in [6.07, 6.45) is 0.536. The van der Waals surface area contributed by atoms with E-state index >= 15 is 0 Å². The lowest BCUT2D eigenvalue weighted by atomic mass is 9.97. The van der Waals surface area contributed by atoms with E-state index in [1.807, 2.05) is 0 Å². The lowest BCUT2D eigenvalue weighted by Gasteiger charge is -2.35. The van der Waals surface area contributed by atoms with Crippen LogP contribution in [0.25, 0.3) is 0 Å². The summed E-state index contributed by atoms with van der Waals surface area (Å²) in [7, 11) is 0. The molecule has 0 saturated carbocycles. The zero-order valence-electron chi connectivity index (χ0n) is 14.3. The molecule has 4 atom stereocenters. The lowest BCUT2D eigenvalue weighted by Crippen LogP contribution is -2.56. The molecular formula is C16H26N2O6. The van der Waals surface area contributed by atoms with Gasteiger partial charge in [0.15, 0.2) is 0 Å². The van der Waals surface area contributed by atoms with Gasteiger partial charge in [-0.05, 0) is 52.9 Å². The number of ether oxygens (including phenoxy) is 1. The smallest absolute Gasteiger partial charge is 0.408 e. The number of hydrogen-bond donors (Lipinski definition) is 3. The van der Waals surface area contributed by atoms with E-state index in [4.69, 9.17) is 4.74 Å². The van der Waals surface area contributed by atoms with Gasteiger partial charge in [-0.25, -0.2) is 9.59 Å². The van der Waals surface area contributed by atoms with Gasteiger partial charge in [0.25, 0.3) is 0 Å². The molecule has 2 rings (SSSR count). The Morgan fingerprint density at radius 1 is 1.21 bits per heavy atom. The van der Waals surface area contributed by atoms with Gasteiger partial charge in [0, 0.05) is 6.04 Å². The average Bonchev–Trinajstić information content (AvgIpc) is 2.82. The summed E-state index contributed by atoms with van der Waals surface area (Å²) >= 11 is 0. The highest BCUT2D eigenvalue weighted by molar-refractivity contribution is 5.90. The SMILES string of the molecule is CC(C)(C)OC(=O)N[C@H]1CC[C@@H](O)C[C@H]2CC[C@@H](C(=O)O)N2C1=O. The molecule has 0 aromatic heterocycles. The second kappa shape index (κ2) is 6.96. The van der Waals surface area contributed by atoms with Gasteiger partial charge in [-0.15, -0.1) is 0 Å². The number of fused-ring (bicyclic) bond motifs is 1. The van der Waals surface area contributed by atoms with Gasteiger partial charge in [0.2, 0.25) is 5.91 Å². The van der Waals surface area contributed by atoms with Gasteiger partial charge >= 0.3 is 12.1 Å².